The molecule has 1 aromatic carbocycles. The molecule has 0 saturated heterocycles. The highest BCUT2D eigenvalue weighted by atomic mass is 79.9. The fourth-order valence-corrected chi connectivity index (χ4v) is 1.54. The SMILES string of the molecule is CCOc1ccccc1CCBr.[MgH2]. The molecule has 1 aromatic rings. The van der Waals surface area contributed by atoms with Gasteiger partial charge in [-0.2, -0.15) is 0 Å². The second kappa shape index (κ2) is 7.65. The first-order chi connectivity index (χ1) is 5.88. The minimum Gasteiger partial charge on any atom is -0.494 e. The zero-order chi connectivity index (χ0) is 8.81. The third-order valence-electron chi connectivity index (χ3n) is 1.64. The summed E-state index contributed by atoms with van der Waals surface area (Å²) in [5.41, 5.74) is 1.27. The number of para-hydroxylation sites is 1. The zero-order valence-corrected chi connectivity index (χ0v) is 8.80. The second-order valence-corrected chi connectivity index (χ2v) is 3.27. The smallest absolute Gasteiger partial charge is 0.316 e. The molecule has 0 amide bonds. The first-order valence-electron chi connectivity index (χ1n) is 4.15. The molecule has 0 spiro atoms. The minimum atomic E-state index is 0. The van der Waals surface area contributed by atoms with Crippen molar-refractivity contribution in [3.05, 3.63) is 29.8 Å². The number of aryl methyl sites for hydroxylation is 1. The molecule has 0 aliphatic rings. The van der Waals surface area contributed by atoms with Gasteiger partial charge in [-0.05, 0) is 25.0 Å². The Morgan fingerprint density at radius 1 is 1.31 bits per heavy atom. The Balaban J connectivity index is 0.00000144. The van der Waals surface area contributed by atoms with Crippen LogP contribution in [0.4, 0.5) is 0 Å². The first kappa shape index (κ1) is 13.3. The largest absolute Gasteiger partial charge is 0.494 e. The highest BCUT2D eigenvalue weighted by molar-refractivity contribution is 9.09. The summed E-state index contributed by atoms with van der Waals surface area (Å²) in [6.07, 6.45) is 1.02. The molecule has 0 aliphatic heterocycles. The summed E-state index contributed by atoms with van der Waals surface area (Å²) in [7, 11) is 0. The molecule has 0 atom stereocenters. The van der Waals surface area contributed by atoms with E-state index in [4.69, 9.17) is 4.74 Å². The summed E-state index contributed by atoms with van der Waals surface area (Å²) in [6.45, 7) is 2.74. The van der Waals surface area contributed by atoms with Crippen LogP contribution in [0, 0.1) is 0 Å². The molecule has 1 nitrogen and oxygen atoms in total. The standard InChI is InChI=1S/C10H13BrO.Mg.2H/c1-2-12-10-6-4-3-5-9(10)7-8-11;;;/h3-6H,2,7-8H2,1H3;;;. The van der Waals surface area contributed by atoms with Crippen LogP contribution in [0.25, 0.3) is 0 Å². The van der Waals surface area contributed by atoms with E-state index < -0.39 is 0 Å². The average molecular weight is 255 g/mol. The van der Waals surface area contributed by atoms with Crippen molar-refractivity contribution in [2.75, 3.05) is 11.9 Å². The van der Waals surface area contributed by atoms with E-state index in [-0.39, 0.29) is 23.1 Å². The lowest BCUT2D eigenvalue weighted by atomic mass is 10.1. The molecule has 13 heavy (non-hydrogen) atoms. The molecule has 0 bridgehead atoms. The van der Waals surface area contributed by atoms with Gasteiger partial charge in [-0.15, -0.1) is 0 Å². The van der Waals surface area contributed by atoms with Crippen molar-refractivity contribution in [2.45, 2.75) is 13.3 Å². The van der Waals surface area contributed by atoms with Crippen LogP contribution in [-0.4, -0.2) is 35.0 Å². The fourth-order valence-electron chi connectivity index (χ4n) is 1.11. The maximum Gasteiger partial charge on any atom is 0.316 e. The molecule has 0 fully saturated rings. The third kappa shape index (κ3) is 4.34. The normalized spacial score (nSPS) is 9.08. The van der Waals surface area contributed by atoms with Crippen LogP contribution >= 0.6 is 15.9 Å². The summed E-state index contributed by atoms with van der Waals surface area (Å²) in [5, 5.41) is 0.983. The number of hydrogen-bond donors (Lipinski definition) is 0. The van der Waals surface area contributed by atoms with Crippen LogP contribution in [-0.2, 0) is 6.42 Å². The van der Waals surface area contributed by atoms with Crippen molar-refractivity contribution in [1.82, 2.24) is 0 Å². The molecule has 1 rings (SSSR count). The molecule has 0 heterocycles. The van der Waals surface area contributed by atoms with Gasteiger partial charge >= 0.3 is 23.1 Å². The van der Waals surface area contributed by atoms with E-state index in [1.165, 1.54) is 5.56 Å². The van der Waals surface area contributed by atoms with Crippen LogP contribution in [0.1, 0.15) is 12.5 Å². The molecule has 3 heteroatoms. The summed E-state index contributed by atoms with van der Waals surface area (Å²) in [4.78, 5) is 0. The van der Waals surface area contributed by atoms with Crippen molar-refractivity contribution in [1.29, 1.82) is 0 Å². The number of ether oxygens (including phenoxy) is 1. The second-order valence-electron chi connectivity index (χ2n) is 2.48. The minimum absolute atomic E-state index is 0. The van der Waals surface area contributed by atoms with Gasteiger partial charge in [0.05, 0.1) is 6.61 Å². The van der Waals surface area contributed by atoms with E-state index in [9.17, 15) is 0 Å². The van der Waals surface area contributed by atoms with Crippen LogP contribution in [0.5, 0.6) is 5.75 Å². The van der Waals surface area contributed by atoms with Crippen LogP contribution < -0.4 is 4.74 Å². The van der Waals surface area contributed by atoms with Crippen molar-refractivity contribution in [2.24, 2.45) is 0 Å². The van der Waals surface area contributed by atoms with E-state index in [0.29, 0.717) is 0 Å². The third-order valence-corrected chi connectivity index (χ3v) is 2.03. The molecule has 0 saturated carbocycles. The molecular weight excluding hydrogens is 240 g/mol. The predicted molar refractivity (Wildman–Crippen MR) is 63.7 cm³/mol. The number of halogens is 1. The van der Waals surface area contributed by atoms with Gasteiger partial charge in [0.1, 0.15) is 5.75 Å². The molecule has 0 aromatic heterocycles. The average Bonchev–Trinajstić information content (AvgIpc) is 2.09. The van der Waals surface area contributed by atoms with Crippen molar-refractivity contribution >= 4 is 39.0 Å². The van der Waals surface area contributed by atoms with Crippen molar-refractivity contribution in [3.8, 4) is 5.75 Å². The predicted octanol–water partition coefficient (Wildman–Crippen LogP) is 2.11. The van der Waals surface area contributed by atoms with Gasteiger partial charge in [0.2, 0.25) is 0 Å². The highest BCUT2D eigenvalue weighted by Crippen LogP contribution is 2.18. The summed E-state index contributed by atoms with van der Waals surface area (Å²) in [6, 6.07) is 8.16. The topological polar surface area (TPSA) is 9.23 Å². The Hall–Kier alpha value is 0.266. The number of rotatable bonds is 4. The molecule has 0 N–H and O–H groups in total. The van der Waals surface area contributed by atoms with E-state index in [2.05, 4.69) is 22.0 Å². The monoisotopic (exact) mass is 254 g/mol. The number of alkyl halides is 1. The lowest BCUT2D eigenvalue weighted by molar-refractivity contribution is 0.337. The highest BCUT2D eigenvalue weighted by Gasteiger charge is 1.99. The Kier molecular flexibility index (Phi) is 7.81. The summed E-state index contributed by atoms with van der Waals surface area (Å²) >= 11 is 3.42. The first-order valence-corrected chi connectivity index (χ1v) is 5.27. The molecule has 0 unspecified atom stereocenters. The lowest BCUT2D eigenvalue weighted by Gasteiger charge is -2.07. The maximum absolute atomic E-state index is 5.47. The van der Waals surface area contributed by atoms with Crippen LogP contribution in [0.3, 0.4) is 0 Å². The Morgan fingerprint density at radius 3 is 2.62 bits per heavy atom. The van der Waals surface area contributed by atoms with Crippen LogP contribution in [0.2, 0.25) is 0 Å². The van der Waals surface area contributed by atoms with Gasteiger partial charge in [-0.25, -0.2) is 0 Å². The van der Waals surface area contributed by atoms with Crippen molar-refractivity contribution < 1.29 is 4.74 Å². The van der Waals surface area contributed by atoms with Gasteiger partial charge in [0.25, 0.3) is 0 Å². The summed E-state index contributed by atoms with van der Waals surface area (Å²) in [5.74, 6) is 1.01. The van der Waals surface area contributed by atoms with Crippen molar-refractivity contribution in [3.63, 3.8) is 0 Å². The number of benzene rings is 1. The molecule has 70 valence electrons. The summed E-state index contributed by atoms with van der Waals surface area (Å²) < 4.78 is 5.47. The molecular formula is C10H15BrMgO. The Morgan fingerprint density at radius 2 is 2.00 bits per heavy atom. The quantitative estimate of drug-likeness (QED) is 0.591. The number of hydrogen-bond acceptors (Lipinski definition) is 1. The molecule has 0 radical (unpaired) electrons. The van der Waals surface area contributed by atoms with Gasteiger partial charge in [0, 0.05) is 5.33 Å². The van der Waals surface area contributed by atoms with E-state index in [1.807, 2.05) is 25.1 Å². The Labute approximate surface area is 104 Å². The van der Waals surface area contributed by atoms with Crippen LogP contribution in [0.15, 0.2) is 24.3 Å². The molecule has 0 aliphatic carbocycles. The van der Waals surface area contributed by atoms with E-state index in [0.717, 1.165) is 24.1 Å². The van der Waals surface area contributed by atoms with E-state index in [1.54, 1.807) is 0 Å². The van der Waals surface area contributed by atoms with Gasteiger partial charge < -0.3 is 4.74 Å². The van der Waals surface area contributed by atoms with Gasteiger partial charge in [-0.3, -0.25) is 0 Å². The van der Waals surface area contributed by atoms with Gasteiger partial charge in [-0.1, -0.05) is 34.1 Å². The van der Waals surface area contributed by atoms with Gasteiger partial charge in [0.15, 0.2) is 0 Å². The lowest BCUT2D eigenvalue weighted by Crippen LogP contribution is -1.96. The van der Waals surface area contributed by atoms with E-state index >= 15 is 0 Å². The zero-order valence-electron chi connectivity index (χ0n) is 7.22. The Bertz CT molecular complexity index is 215. The fraction of sp³-hybridized carbons (Fsp3) is 0.400. The maximum atomic E-state index is 5.47.